The summed E-state index contributed by atoms with van der Waals surface area (Å²) in [5.74, 6) is 0.312. The number of rotatable bonds is 7. The molecule has 0 aromatic heterocycles. The summed E-state index contributed by atoms with van der Waals surface area (Å²) in [6, 6.07) is 8.57. The molecule has 1 unspecified atom stereocenters. The zero-order valence-electron chi connectivity index (χ0n) is 11.9. The summed E-state index contributed by atoms with van der Waals surface area (Å²) >= 11 is 0. The third kappa shape index (κ3) is 4.61. The first kappa shape index (κ1) is 14.9. The monoisotopic (exact) mass is 248 g/mol. The largest absolute Gasteiger partial charge is 0.379 e. The third-order valence-electron chi connectivity index (χ3n) is 3.57. The van der Waals surface area contributed by atoms with Crippen molar-refractivity contribution >= 4 is 6.29 Å². The van der Waals surface area contributed by atoms with Gasteiger partial charge in [-0.1, -0.05) is 31.2 Å². The molecule has 2 nitrogen and oxygen atoms in total. The van der Waals surface area contributed by atoms with Crippen LogP contribution in [0.2, 0.25) is 0 Å². The molecular weight excluding hydrogens is 224 g/mol. The van der Waals surface area contributed by atoms with E-state index in [0.29, 0.717) is 12.3 Å². The van der Waals surface area contributed by atoms with Gasteiger partial charge in [-0.15, -0.1) is 0 Å². The Labute approximate surface area is 110 Å². The van der Waals surface area contributed by atoms with Gasteiger partial charge in [-0.3, -0.25) is 0 Å². The zero-order valence-corrected chi connectivity index (χ0v) is 11.9. The standard InChI is InChI=1S/C16H24O2/c1-13(10-12-17)15-7-5-14(6-8-15)9-11-16(2,3)18-4/h5-8,12-13H,9-11H2,1-4H3. The van der Waals surface area contributed by atoms with Gasteiger partial charge in [0.15, 0.2) is 0 Å². The number of ether oxygens (including phenoxy) is 1. The molecule has 0 saturated carbocycles. The first-order valence-corrected chi connectivity index (χ1v) is 6.56. The molecule has 0 bridgehead atoms. The van der Waals surface area contributed by atoms with Crippen LogP contribution in [0.1, 0.15) is 50.7 Å². The van der Waals surface area contributed by atoms with E-state index in [1.165, 1.54) is 11.1 Å². The second kappa shape index (κ2) is 6.69. The highest BCUT2D eigenvalue weighted by Gasteiger charge is 2.15. The molecule has 100 valence electrons. The Hall–Kier alpha value is -1.15. The first-order valence-electron chi connectivity index (χ1n) is 6.56. The number of carbonyl (C=O) groups is 1. The average molecular weight is 248 g/mol. The predicted octanol–water partition coefficient (Wildman–Crippen LogP) is 3.74. The SMILES string of the molecule is COC(C)(C)CCc1ccc(C(C)CC=O)cc1. The van der Waals surface area contributed by atoms with E-state index in [9.17, 15) is 4.79 Å². The summed E-state index contributed by atoms with van der Waals surface area (Å²) in [7, 11) is 1.75. The topological polar surface area (TPSA) is 26.3 Å². The number of aldehydes is 1. The summed E-state index contributed by atoms with van der Waals surface area (Å²) < 4.78 is 5.41. The number of hydrogen-bond acceptors (Lipinski definition) is 2. The fourth-order valence-electron chi connectivity index (χ4n) is 1.84. The van der Waals surface area contributed by atoms with Crippen molar-refractivity contribution in [1.29, 1.82) is 0 Å². The summed E-state index contributed by atoms with van der Waals surface area (Å²) in [5.41, 5.74) is 2.49. The van der Waals surface area contributed by atoms with Crippen molar-refractivity contribution in [1.82, 2.24) is 0 Å². The van der Waals surface area contributed by atoms with Crippen molar-refractivity contribution in [3.05, 3.63) is 35.4 Å². The van der Waals surface area contributed by atoms with Gasteiger partial charge in [0, 0.05) is 13.5 Å². The molecule has 1 rings (SSSR count). The van der Waals surface area contributed by atoms with Gasteiger partial charge in [-0.25, -0.2) is 0 Å². The van der Waals surface area contributed by atoms with Crippen molar-refractivity contribution in [3.8, 4) is 0 Å². The average Bonchev–Trinajstić information content (AvgIpc) is 2.37. The Morgan fingerprint density at radius 1 is 1.28 bits per heavy atom. The molecule has 1 atom stereocenters. The highest BCUT2D eigenvalue weighted by molar-refractivity contribution is 5.51. The number of aryl methyl sites for hydroxylation is 1. The lowest BCUT2D eigenvalue weighted by Crippen LogP contribution is -2.22. The maximum absolute atomic E-state index is 10.5. The summed E-state index contributed by atoms with van der Waals surface area (Å²) in [5, 5.41) is 0. The molecule has 0 radical (unpaired) electrons. The van der Waals surface area contributed by atoms with Crippen molar-refractivity contribution in [2.45, 2.75) is 51.6 Å². The second-order valence-electron chi connectivity index (χ2n) is 5.51. The van der Waals surface area contributed by atoms with Crippen LogP contribution in [0.25, 0.3) is 0 Å². The van der Waals surface area contributed by atoms with Crippen LogP contribution >= 0.6 is 0 Å². The molecule has 0 aliphatic heterocycles. The van der Waals surface area contributed by atoms with E-state index >= 15 is 0 Å². The zero-order chi connectivity index (χ0) is 13.6. The Morgan fingerprint density at radius 2 is 1.89 bits per heavy atom. The van der Waals surface area contributed by atoms with E-state index in [-0.39, 0.29) is 5.60 Å². The van der Waals surface area contributed by atoms with Crippen molar-refractivity contribution in [3.63, 3.8) is 0 Å². The van der Waals surface area contributed by atoms with Crippen LogP contribution < -0.4 is 0 Å². The summed E-state index contributed by atoms with van der Waals surface area (Å²) in [6.07, 6.45) is 3.60. The maximum Gasteiger partial charge on any atom is 0.120 e. The molecule has 0 fully saturated rings. The van der Waals surface area contributed by atoms with E-state index in [4.69, 9.17) is 4.74 Å². The van der Waals surface area contributed by atoms with E-state index in [1.54, 1.807) is 7.11 Å². The minimum absolute atomic E-state index is 0.0660. The first-order chi connectivity index (χ1) is 8.48. The lowest BCUT2D eigenvalue weighted by Gasteiger charge is -2.22. The highest BCUT2D eigenvalue weighted by atomic mass is 16.5. The Bertz CT molecular complexity index is 365. The van der Waals surface area contributed by atoms with Crippen molar-refractivity contribution in [2.75, 3.05) is 7.11 Å². The Balaban J connectivity index is 2.58. The molecule has 0 heterocycles. The van der Waals surface area contributed by atoms with Crippen LogP contribution in [0.4, 0.5) is 0 Å². The van der Waals surface area contributed by atoms with Crippen LogP contribution in [0, 0.1) is 0 Å². The number of methoxy groups -OCH3 is 1. The van der Waals surface area contributed by atoms with Crippen LogP contribution in [0.5, 0.6) is 0 Å². The van der Waals surface area contributed by atoms with Gasteiger partial charge in [0.1, 0.15) is 6.29 Å². The highest BCUT2D eigenvalue weighted by Crippen LogP contribution is 2.21. The molecule has 18 heavy (non-hydrogen) atoms. The van der Waals surface area contributed by atoms with Crippen LogP contribution in [-0.2, 0) is 16.0 Å². The molecule has 0 saturated heterocycles. The quantitative estimate of drug-likeness (QED) is 0.687. The summed E-state index contributed by atoms with van der Waals surface area (Å²) in [6.45, 7) is 6.29. The molecule has 0 N–H and O–H groups in total. The smallest absolute Gasteiger partial charge is 0.120 e. The fraction of sp³-hybridized carbons (Fsp3) is 0.562. The summed E-state index contributed by atoms with van der Waals surface area (Å²) in [4.78, 5) is 10.5. The second-order valence-corrected chi connectivity index (χ2v) is 5.51. The van der Waals surface area contributed by atoms with Gasteiger partial charge < -0.3 is 9.53 Å². The number of hydrogen-bond donors (Lipinski definition) is 0. The van der Waals surface area contributed by atoms with Gasteiger partial charge >= 0.3 is 0 Å². The lowest BCUT2D eigenvalue weighted by atomic mass is 9.94. The van der Waals surface area contributed by atoms with Crippen molar-refractivity contribution in [2.24, 2.45) is 0 Å². The number of benzene rings is 1. The minimum atomic E-state index is -0.0660. The van der Waals surface area contributed by atoms with E-state index < -0.39 is 0 Å². The van der Waals surface area contributed by atoms with E-state index in [1.807, 2.05) is 0 Å². The Kier molecular flexibility index (Phi) is 5.54. The fourth-order valence-corrected chi connectivity index (χ4v) is 1.84. The van der Waals surface area contributed by atoms with Gasteiger partial charge in [0.2, 0.25) is 0 Å². The van der Waals surface area contributed by atoms with Gasteiger partial charge in [0.25, 0.3) is 0 Å². The third-order valence-corrected chi connectivity index (χ3v) is 3.57. The van der Waals surface area contributed by atoms with Crippen LogP contribution in [-0.4, -0.2) is 19.0 Å². The molecule has 1 aromatic rings. The van der Waals surface area contributed by atoms with Gasteiger partial charge in [-0.2, -0.15) is 0 Å². The molecule has 2 heteroatoms. The number of carbonyl (C=O) groups excluding carboxylic acids is 1. The predicted molar refractivity (Wildman–Crippen MR) is 74.9 cm³/mol. The van der Waals surface area contributed by atoms with E-state index in [0.717, 1.165) is 19.1 Å². The molecule has 0 aliphatic rings. The minimum Gasteiger partial charge on any atom is -0.379 e. The van der Waals surface area contributed by atoms with Gasteiger partial charge in [0.05, 0.1) is 5.60 Å². The van der Waals surface area contributed by atoms with Crippen LogP contribution in [0.15, 0.2) is 24.3 Å². The molecule has 0 aliphatic carbocycles. The molecule has 1 aromatic carbocycles. The Morgan fingerprint density at radius 3 is 2.39 bits per heavy atom. The molecular formula is C16H24O2. The van der Waals surface area contributed by atoms with E-state index in [2.05, 4.69) is 45.0 Å². The van der Waals surface area contributed by atoms with Crippen LogP contribution in [0.3, 0.4) is 0 Å². The molecule has 0 amide bonds. The lowest BCUT2D eigenvalue weighted by molar-refractivity contribution is -0.108. The normalized spacial score (nSPS) is 13.3. The molecule has 0 spiro atoms. The van der Waals surface area contributed by atoms with Crippen molar-refractivity contribution < 1.29 is 9.53 Å². The van der Waals surface area contributed by atoms with Gasteiger partial charge in [-0.05, 0) is 43.7 Å². The maximum atomic E-state index is 10.5.